The predicted molar refractivity (Wildman–Crippen MR) is 75.5 cm³/mol. The summed E-state index contributed by atoms with van der Waals surface area (Å²) in [5.41, 5.74) is 0.823. The summed E-state index contributed by atoms with van der Waals surface area (Å²) in [5, 5.41) is 0. The summed E-state index contributed by atoms with van der Waals surface area (Å²) in [5.74, 6) is 0.284. The minimum Gasteiger partial charge on any atom is -0.434 e. The zero-order chi connectivity index (χ0) is 14.7. The fraction of sp³-hybridized carbons (Fsp3) is 0.625. The van der Waals surface area contributed by atoms with Crippen LogP contribution in [0.4, 0.5) is 8.78 Å². The van der Waals surface area contributed by atoms with Gasteiger partial charge in [-0.15, -0.1) is 0 Å². The molecule has 21 heavy (non-hydrogen) atoms. The summed E-state index contributed by atoms with van der Waals surface area (Å²) >= 11 is 0. The van der Waals surface area contributed by atoms with Crippen LogP contribution >= 0.6 is 0 Å². The number of morpholine rings is 1. The summed E-state index contributed by atoms with van der Waals surface area (Å²) in [7, 11) is 0. The molecule has 3 nitrogen and oxygen atoms in total. The van der Waals surface area contributed by atoms with Gasteiger partial charge in [0.05, 0.1) is 12.7 Å². The molecule has 2 fully saturated rings. The molecular weight excluding hydrogens is 276 g/mol. The third-order valence-electron chi connectivity index (χ3n) is 4.41. The van der Waals surface area contributed by atoms with Crippen LogP contribution in [0.1, 0.15) is 31.2 Å². The number of fused-ring (bicyclic) bond motifs is 1. The van der Waals surface area contributed by atoms with Crippen molar-refractivity contribution in [2.45, 2.75) is 51.0 Å². The van der Waals surface area contributed by atoms with E-state index in [1.54, 1.807) is 12.1 Å². The van der Waals surface area contributed by atoms with Gasteiger partial charge in [0, 0.05) is 24.7 Å². The second-order valence-electron chi connectivity index (χ2n) is 5.72. The molecule has 0 N–H and O–H groups in total. The maximum absolute atomic E-state index is 12.5. The molecule has 0 amide bonds. The molecule has 0 radical (unpaired) electrons. The van der Waals surface area contributed by atoms with Gasteiger partial charge >= 0.3 is 6.61 Å². The van der Waals surface area contributed by atoms with Crippen molar-refractivity contribution >= 4 is 0 Å². The molecule has 1 saturated carbocycles. The van der Waals surface area contributed by atoms with Gasteiger partial charge in [0.2, 0.25) is 0 Å². The highest BCUT2D eigenvalue weighted by molar-refractivity contribution is 5.33. The lowest BCUT2D eigenvalue weighted by atomic mass is 9.90. The van der Waals surface area contributed by atoms with Crippen molar-refractivity contribution in [1.29, 1.82) is 0 Å². The zero-order valence-corrected chi connectivity index (χ0v) is 12.0. The van der Waals surface area contributed by atoms with E-state index in [1.807, 2.05) is 12.1 Å². The quantitative estimate of drug-likeness (QED) is 0.850. The van der Waals surface area contributed by atoms with Crippen molar-refractivity contribution in [2.75, 3.05) is 13.2 Å². The molecule has 1 aliphatic carbocycles. The number of hydrogen-bond donors (Lipinski definition) is 0. The minimum absolute atomic E-state index is 0.284. The lowest BCUT2D eigenvalue weighted by molar-refractivity contribution is -0.0921. The summed E-state index contributed by atoms with van der Waals surface area (Å²) in [6, 6.07) is 7.48. The second kappa shape index (κ2) is 6.71. The molecule has 2 aliphatic rings. The molecule has 116 valence electrons. The van der Waals surface area contributed by atoms with Crippen molar-refractivity contribution in [3.63, 3.8) is 0 Å². The molecule has 1 heterocycles. The van der Waals surface area contributed by atoms with Gasteiger partial charge in [-0.3, -0.25) is 4.90 Å². The molecule has 1 aliphatic heterocycles. The van der Waals surface area contributed by atoms with E-state index in [0.717, 1.165) is 31.6 Å². The van der Waals surface area contributed by atoms with E-state index in [2.05, 4.69) is 9.64 Å². The normalized spacial score (nSPS) is 26.6. The first-order valence-electron chi connectivity index (χ1n) is 7.62. The van der Waals surface area contributed by atoms with Crippen LogP contribution in [0.2, 0.25) is 0 Å². The Morgan fingerprint density at radius 1 is 1.24 bits per heavy atom. The maximum Gasteiger partial charge on any atom is 0.387 e. The van der Waals surface area contributed by atoms with E-state index in [1.165, 1.54) is 12.8 Å². The fourth-order valence-electron chi connectivity index (χ4n) is 3.44. The standard InChI is InChI=1S/C16H21F2NO2/c17-16(18)21-14-7-3-1-5-12(14)11-19-9-10-20-15-8-4-2-6-13(15)19/h1,3,5,7,13,15-16H,2,4,6,8-11H2/t13-,15-/m1/s1. The number of rotatable bonds is 4. The summed E-state index contributed by atoms with van der Waals surface area (Å²) in [6.45, 7) is -0.560. The average molecular weight is 297 g/mol. The summed E-state index contributed by atoms with van der Waals surface area (Å²) in [6.07, 6.45) is 4.98. The Hall–Kier alpha value is -1.20. The van der Waals surface area contributed by atoms with Crippen LogP contribution in [0.25, 0.3) is 0 Å². The Balaban J connectivity index is 1.73. The van der Waals surface area contributed by atoms with Crippen LogP contribution in [0.15, 0.2) is 24.3 Å². The Bertz CT molecular complexity index is 467. The van der Waals surface area contributed by atoms with E-state index in [0.29, 0.717) is 18.7 Å². The third-order valence-corrected chi connectivity index (χ3v) is 4.41. The maximum atomic E-state index is 12.5. The van der Waals surface area contributed by atoms with Gasteiger partial charge in [-0.05, 0) is 18.9 Å². The Labute approximate surface area is 123 Å². The molecule has 1 saturated heterocycles. The van der Waals surface area contributed by atoms with E-state index >= 15 is 0 Å². The number of ether oxygens (including phenoxy) is 2. The van der Waals surface area contributed by atoms with E-state index in [-0.39, 0.29) is 5.75 Å². The molecule has 0 bridgehead atoms. The van der Waals surface area contributed by atoms with Crippen molar-refractivity contribution in [1.82, 2.24) is 4.90 Å². The average Bonchev–Trinajstić information content (AvgIpc) is 2.49. The number of alkyl halides is 2. The zero-order valence-electron chi connectivity index (χ0n) is 12.0. The first-order chi connectivity index (χ1) is 10.2. The first-order valence-corrected chi connectivity index (χ1v) is 7.62. The van der Waals surface area contributed by atoms with Crippen molar-refractivity contribution in [2.24, 2.45) is 0 Å². The van der Waals surface area contributed by atoms with Crippen LogP contribution in [0.5, 0.6) is 5.75 Å². The molecule has 0 aromatic heterocycles. The molecule has 2 atom stereocenters. The number of benzene rings is 1. The van der Waals surface area contributed by atoms with Gasteiger partial charge in [-0.25, -0.2) is 0 Å². The van der Waals surface area contributed by atoms with Gasteiger partial charge in [0.25, 0.3) is 0 Å². The van der Waals surface area contributed by atoms with Crippen molar-refractivity contribution in [3.05, 3.63) is 29.8 Å². The lowest BCUT2D eigenvalue weighted by Gasteiger charge is -2.44. The van der Waals surface area contributed by atoms with E-state index < -0.39 is 6.61 Å². The van der Waals surface area contributed by atoms with Gasteiger partial charge in [-0.1, -0.05) is 31.0 Å². The van der Waals surface area contributed by atoms with E-state index in [9.17, 15) is 8.78 Å². The van der Waals surface area contributed by atoms with E-state index in [4.69, 9.17) is 4.74 Å². The summed E-state index contributed by atoms with van der Waals surface area (Å²) < 4.78 is 35.5. The highest BCUT2D eigenvalue weighted by Gasteiger charge is 2.34. The second-order valence-corrected chi connectivity index (χ2v) is 5.72. The molecule has 5 heteroatoms. The number of halogens is 2. The number of nitrogens with zero attached hydrogens (tertiary/aromatic N) is 1. The van der Waals surface area contributed by atoms with Crippen LogP contribution in [-0.2, 0) is 11.3 Å². The smallest absolute Gasteiger partial charge is 0.387 e. The number of hydrogen-bond acceptors (Lipinski definition) is 3. The van der Waals surface area contributed by atoms with Gasteiger partial charge < -0.3 is 9.47 Å². The SMILES string of the molecule is FC(F)Oc1ccccc1CN1CCO[C@@H]2CCCC[C@H]21. The van der Waals surface area contributed by atoms with Crippen molar-refractivity contribution in [3.8, 4) is 5.75 Å². The van der Waals surface area contributed by atoms with Crippen molar-refractivity contribution < 1.29 is 18.3 Å². The molecule has 0 unspecified atom stereocenters. The Morgan fingerprint density at radius 2 is 2.05 bits per heavy atom. The van der Waals surface area contributed by atoms with Gasteiger partial charge in [-0.2, -0.15) is 8.78 Å². The fourth-order valence-corrected chi connectivity index (χ4v) is 3.44. The molecule has 3 rings (SSSR count). The van der Waals surface area contributed by atoms with Crippen LogP contribution in [0.3, 0.4) is 0 Å². The minimum atomic E-state index is -2.78. The predicted octanol–water partition coefficient (Wildman–Crippen LogP) is 3.43. The monoisotopic (exact) mass is 297 g/mol. The lowest BCUT2D eigenvalue weighted by Crippen LogP contribution is -2.52. The summed E-state index contributed by atoms with van der Waals surface area (Å²) in [4.78, 5) is 2.36. The highest BCUT2D eigenvalue weighted by Crippen LogP contribution is 2.31. The highest BCUT2D eigenvalue weighted by atomic mass is 19.3. The molecule has 1 aromatic rings. The Kier molecular flexibility index (Phi) is 4.70. The molecule has 0 spiro atoms. The molecule has 1 aromatic carbocycles. The number of para-hydroxylation sites is 1. The van der Waals surface area contributed by atoms with Gasteiger partial charge in [0.15, 0.2) is 0 Å². The van der Waals surface area contributed by atoms with Crippen LogP contribution < -0.4 is 4.74 Å². The van der Waals surface area contributed by atoms with Crippen LogP contribution in [-0.4, -0.2) is 36.8 Å². The topological polar surface area (TPSA) is 21.7 Å². The van der Waals surface area contributed by atoms with Crippen LogP contribution in [0, 0.1) is 0 Å². The largest absolute Gasteiger partial charge is 0.434 e. The first kappa shape index (κ1) is 14.7. The Morgan fingerprint density at radius 3 is 2.90 bits per heavy atom. The van der Waals surface area contributed by atoms with Gasteiger partial charge in [0.1, 0.15) is 5.75 Å². The third kappa shape index (κ3) is 3.52. The molecular formula is C16H21F2NO2.